The van der Waals surface area contributed by atoms with Crippen LogP contribution in [0.2, 0.25) is 0 Å². The lowest BCUT2D eigenvalue weighted by Crippen LogP contribution is -2.13. The summed E-state index contributed by atoms with van der Waals surface area (Å²) in [6.07, 6.45) is 3.61. The predicted molar refractivity (Wildman–Crippen MR) is 95.9 cm³/mol. The summed E-state index contributed by atoms with van der Waals surface area (Å²) in [6, 6.07) is 11.6. The molecule has 1 aliphatic carbocycles. The Labute approximate surface area is 152 Å². The molecule has 0 aliphatic heterocycles. The number of ether oxygens (including phenoxy) is 2. The molecular weight excluding hydrogens is 348 g/mol. The molecule has 0 unspecified atom stereocenters. The first-order chi connectivity index (χ1) is 11.7. The molecule has 0 heterocycles. The van der Waals surface area contributed by atoms with Crippen molar-refractivity contribution in [2.45, 2.75) is 39.0 Å². The second kappa shape index (κ2) is 9.02. The van der Waals surface area contributed by atoms with E-state index in [-0.39, 0.29) is 18.2 Å². The standard InChI is InChI=1S/C19H21F2NO2.ClH/c1-23-18-10-14(6-8-17(18)24-19(20)21)12-22-11-13-5-7-15-3-2-4-16(15)9-13;/h5-10,19,22H,2-4,11-12H2,1H3;1H. The third-order valence-electron chi connectivity index (χ3n) is 4.27. The Bertz CT molecular complexity index is 710. The molecule has 0 bridgehead atoms. The van der Waals surface area contributed by atoms with E-state index < -0.39 is 6.61 Å². The molecule has 3 rings (SSSR count). The Hall–Kier alpha value is -1.85. The molecule has 0 aromatic heterocycles. The Morgan fingerprint density at radius 1 is 0.960 bits per heavy atom. The molecule has 2 aromatic carbocycles. The van der Waals surface area contributed by atoms with Gasteiger partial charge >= 0.3 is 6.61 Å². The maximum atomic E-state index is 12.3. The molecule has 0 atom stereocenters. The van der Waals surface area contributed by atoms with Gasteiger partial charge in [-0.05, 0) is 53.6 Å². The summed E-state index contributed by atoms with van der Waals surface area (Å²) < 4.78 is 34.2. The number of nitrogens with one attached hydrogen (secondary N) is 1. The first kappa shape index (κ1) is 19.5. The van der Waals surface area contributed by atoms with E-state index in [1.807, 2.05) is 0 Å². The van der Waals surface area contributed by atoms with Crippen molar-refractivity contribution in [2.24, 2.45) is 0 Å². The quantitative estimate of drug-likeness (QED) is 0.779. The number of benzene rings is 2. The van der Waals surface area contributed by atoms with Crippen molar-refractivity contribution in [3.63, 3.8) is 0 Å². The van der Waals surface area contributed by atoms with Gasteiger partial charge in [0.15, 0.2) is 11.5 Å². The van der Waals surface area contributed by atoms with Gasteiger partial charge in [0.05, 0.1) is 7.11 Å². The second-order valence-electron chi connectivity index (χ2n) is 5.92. The normalized spacial score (nSPS) is 12.6. The van der Waals surface area contributed by atoms with E-state index in [1.165, 1.54) is 49.1 Å². The summed E-state index contributed by atoms with van der Waals surface area (Å²) >= 11 is 0. The maximum absolute atomic E-state index is 12.3. The van der Waals surface area contributed by atoms with Crippen LogP contribution >= 0.6 is 12.4 Å². The van der Waals surface area contributed by atoms with Crippen LogP contribution < -0.4 is 14.8 Å². The first-order valence-electron chi connectivity index (χ1n) is 8.09. The van der Waals surface area contributed by atoms with Crippen LogP contribution in [-0.2, 0) is 25.9 Å². The van der Waals surface area contributed by atoms with Gasteiger partial charge in [0.25, 0.3) is 0 Å². The number of fused-ring (bicyclic) bond motifs is 1. The highest BCUT2D eigenvalue weighted by atomic mass is 35.5. The van der Waals surface area contributed by atoms with Gasteiger partial charge in [-0.15, -0.1) is 12.4 Å². The third-order valence-corrected chi connectivity index (χ3v) is 4.27. The average molecular weight is 370 g/mol. The minimum atomic E-state index is -2.86. The zero-order chi connectivity index (χ0) is 16.9. The number of halogens is 3. The van der Waals surface area contributed by atoms with Crippen LogP contribution in [-0.4, -0.2) is 13.7 Å². The molecule has 2 aromatic rings. The minimum absolute atomic E-state index is 0. The van der Waals surface area contributed by atoms with E-state index in [1.54, 1.807) is 12.1 Å². The summed E-state index contributed by atoms with van der Waals surface area (Å²) in [5.41, 5.74) is 5.15. The molecule has 0 saturated carbocycles. The zero-order valence-corrected chi connectivity index (χ0v) is 14.9. The Kier molecular flexibility index (Phi) is 7.02. The minimum Gasteiger partial charge on any atom is -0.493 e. The van der Waals surface area contributed by atoms with Gasteiger partial charge in [-0.1, -0.05) is 24.3 Å². The summed E-state index contributed by atoms with van der Waals surface area (Å²) in [6.45, 7) is -1.46. The van der Waals surface area contributed by atoms with Crippen LogP contribution in [0.4, 0.5) is 8.78 Å². The summed E-state index contributed by atoms with van der Waals surface area (Å²) in [5.74, 6) is 0.363. The molecule has 0 amide bonds. The van der Waals surface area contributed by atoms with E-state index in [0.29, 0.717) is 12.3 Å². The molecule has 6 heteroatoms. The van der Waals surface area contributed by atoms with Crippen molar-refractivity contribution in [3.05, 3.63) is 58.7 Å². The van der Waals surface area contributed by atoms with Crippen LogP contribution in [0.15, 0.2) is 36.4 Å². The molecule has 0 spiro atoms. The van der Waals surface area contributed by atoms with Crippen LogP contribution in [0.1, 0.15) is 28.7 Å². The number of rotatable bonds is 7. The van der Waals surface area contributed by atoms with Crippen LogP contribution in [0.3, 0.4) is 0 Å². The third kappa shape index (κ3) is 5.06. The van der Waals surface area contributed by atoms with Gasteiger partial charge in [-0.2, -0.15) is 8.78 Å². The van der Waals surface area contributed by atoms with E-state index in [0.717, 1.165) is 12.1 Å². The molecule has 3 nitrogen and oxygen atoms in total. The highest BCUT2D eigenvalue weighted by Gasteiger charge is 2.12. The summed E-state index contributed by atoms with van der Waals surface area (Å²) in [7, 11) is 1.44. The molecule has 0 saturated heterocycles. The second-order valence-corrected chi connectivity index (χ2v) is 5.92. The lowest BCUT2D eigenvalue weighted by Gasteiger charge is -2.12. The zero-order valence-electron chi connectivity index (χ0n) is 14.1. The number of alkyl halides is 2. The van der Waals surface area contributed by atoms with Crippen molar-refractivity contribution in [3.8, 4) is 11.5 Å². The first-order valence-corrected chi connectivity index (χ1v) is 8.09. The van der Waals surface area contributed by atoms with E-state index >= 15 is 0 Å². The van der Waals surface area contributed by atoms with E-state index in [2.05, 4.69) is 28.3 Å². The predicted octanol–water partition coefficient (Wildman–Crippen LogP) is 4.50. The molecule has 136 valence electrons. The fourth-order valence-corrected chi connectivity index (χ4v) is 3.10. The molecule has 0 fully saturated rings. The molecule has 0 radical (unpaired) electrons. The molecule has 1 aliphatic rings. The fraction of sp³-hybridized carbons (Fsp3) is 0.368. The van der Waals surface area contributed by atoms with Gasteiger partial charge in [-0.25, -0.2) is 0 Å². The Morgan fingerprint density at radius 2 is 1.64 bits per heavy atom. The van der Waals surface area contributed by atoms with E-state index in [9.17, 15) is 8.78 Å². The van der Waals surface area contributed by atoms with Gasteiger partial charge < -0.3 is 14.8 Å². The number of hydrogen-bond acceptors (Lipinski definition) is 3. The molecular formula is C19H22ClF2NO2. The largest absolute Gasteiger partial charge is 0.493 e. The average Bonchev–Trinajstić information content (AvgIpc) is 3.03. The summed E-state index contributed by atoms with van der Waals surface area (Å²) in [4.78, 5) is 0. The van der Waals surface area contributed by atoms with Gasteiger partial charge in [0.1, 0.15) is 0 Å². The van der Waals surface area contributed by atoms with Crippen LogP contribution in [0.5, 0.6) is 11.5 Å². The highest BCUT2D eigenvalue weighted by Crippen LogP contribution is 2.29. The highest BCUT2D eigenvalue weighted by molar-refractivity contribution is 5.85. The van der Waals surface area contributed by atoms with Crippen molar-refractivity contribution in [1.82, 2.24) is 5.32 Å². The number of hydrogen-bond donors (Lipinski definition) is 1. The molecule has 25 heavy (non-hydrogen) atoms. The summed E-state index contributed by atoms with van der Waals surface area (Å²) in [5, 5.41) is 3.38. The lowest BCUT2D eigenvalue weighted by molar-refractivity contribution is -0.0512. The topological polar surface area (TPSA) is 30.5 Å². The SMILES string of the molecule is COc1cc(CNCc2ccc3c(c2)CCC3)ccc1OC(F)F.Cl. The Morgan fingerprint density at radius 3 is 2.36 bits per heavy atom. The monoisotopic (exact) mass is 369 g/mol. The smallest absolute Gasteiger partial charge is 0.387 e. The van der Waals surface area contributed by atoms with Crippen molar-refractivity contribution >= 4 is 12.4 Å². The molecule has 1 N–H and O–H groups in total. The van der Waals surface area contributed by atoms with Crippen molar-refractivity contribution in [2.75, 3.05) is 7.11 Å². The van der Waals surface area contributed by atoms with Crippen molar-refractivity contribution < 1.29 is 18.3 Å². The fourth-order valence-electron chi connectivity index (χ4n) is 3.10. The van der Waals surface area contributed by atoms with Crippen molar-refractivity contribution in [1.29, 1.82) is 0 Å². The van der Waals surface area contributed by atoms with Crippen LogP contribution in [0.25, 0.3) is 0 Å². The van der Waals surface area contributed by atoms with Crippen LogP contribution in [0, 0.1) is 0 Å². The lowest BCUT2D eigenvalue weighted by atomic mass is 10.1. The van der Waals surface area contributed by atoms with E-state index in [4.69, 9.17) is 4.74 Å². The number of methoxy groups -OCH3 is 1. The van der Waals surface area contributed by atoms with Gasteiger partial charge in [0, 0.05) is 13.1 Å². The van der Waals surface area contributed by atoms with Gasteiger partial charge in [-0.3, -0.25) is 0 Å². The number of aryl methyl sites for hydroxylation is 2. The Balaban J connectivity index is 0.00000225. The van der Waals surface area contributed by atoms with Gasteiger partial charge in [0.2, 0.25) is 0 Å². The maximum Gasteiger partial charge on any atom is 0.387 e.